The molecule has 0 radical (unpaired) electrons. The standard InChI is InChI=1S/C30H29N5O7S2/c1-19-16-32-25(20(2)29(19)41-4)18-43(37)30-33-24-13-10-22(40-3)15-26(24)35(30)44(38,39)23-11-8-21(9-12-23)42-17-28(36)34-27-7-5-6-14-31-27/h5-16H,17-18H2,1-4H3,(H,31,34,36). The van der Waals surface area contributed by atoms with Gasteiger partial charge in [0.15, 0.2) is 6.61 Å². The van der Waals surface area contributed by atoms with E-state index in [0.717, 1.165) is 9.54 Å². The predicted octanol–water partition coefficient (Wildman–Crippen LogP) is 4.02. The quantitative estimate of drug-likeness (QED) is 0.225. The molecule has 0 aliphatic rings. The van der Waals surface area contributed by atoms with Crippen LogP contribution in [-0.2, 0) is 31.4 Å². The molecule has 0 saturated carbocycles. The number of nitrogens with zero attached hydrogens (tertiary/aromatic N) is 4. The van der Waals surface area contributed by atoms with Crippen molar-refractivity contribution in [3.05, 3.63) is 89.9 Å². The lowest BCUT2D eigenvalue weighted by atomic mass is 10.1. The molecule has 2 aromatic carbocycles. The second kappa shape index (κ2) is 12.8. The van der Waals surface area contributed by atoms with Crippen molar-refractivity contribution in [2.75, 3.05) is 26.1 Å². The molecule has 44 heavy (non-hydrogen) atoms. The third kappa shape index (κ3) is 6.26. The van der Waals surface area contributed by atoms with Crippen LogP contribution in [0.1, 0.15) is 16.8 Å². The molecule has 0 aliphatic heterocycles. The number of rotatable bonds is 11. The highest BCUT2D eigenvalue weighted by atomic mass is 32.2. The van der Waals surface area contributed by atoms with Crippen molar-refractivity contribution in [1.82, 2.24) is 18.9 Å². The van der Waals surface area contributed by atoms with Gasteiger partial charge in [0.05, 0.1) is 52.4 Å². The van der Waals surface area contributed by atoms with E-state index in [0.29, 0.717) is 34.1 Å². The second-order valence-corrected chi connectivity index (χ2v) is 12.7. The Balaban J connectivity index is 1.45. The summed E-state index contributed by atoms with van der Waals surface area (Å²) >= 11 is 0. The fraction of sp³-hybridized carbons (Fsp3) is 0.200. The van der Waals surface area contributed by atoms with Gasteiger partial charge in [0.2, 0.25) is 5.16 Å². The van der Waals surface area contributed by atoms with Gasteiger partial charge in [-0.25, -0.2) is 22.4 Å². The molecule has 3 aromatic heterocycles. The molecular formula is C30H29N5O7S2. The highest BCUT2D eigenvalue weighted by Gasteiger charge is 2.29. The van der Waals surface area contributed by atoms with E-state index < -0.39 is 26.7 Å². The average molecular weight is 636 g/mol. The Morgan fingerprint density at radius 2 is 1.73 bits per heavy atom. The molecule has 0 bridgehead atoms. The zero-order chi connectivity index (χ0) is 31.4. The summed E-state index contributed by atoms with van der Waals surface area (Å²) in [5.41, 5.74) is 2.54. The van der Waals surface area contributed by atoms with E-state index in [9.17, 15) is 17.4 Å². The van der Waals surface area contributed by atoms with Gasteiger partial charge < -0.3 is 19.5 Å². The molecule has 0 fully saturated rings. The van der Waals surface area contributed by atoms with Crippen molar-refractivity contribution in [3.63, 3.8) is 0 Å². The van der Waals surface area contributed by atoms with Gasteiger partial charge >= 0.3 is 0 Å². The van der Waals surface area contributed by atoms with Gasteiger partial charge in [-0.1, -0.05) is 6.07 Å². The number of aryl methyl sites for hydroxylation is 1. The topological polar surface area (TPSA) is 152 Å². The molecule has 0 spiro atoms. The highest BCUT2D eigenvalue weighted by Crippen LogP contribution is 2.31. The number of benzene rings is 2. The monoisotopic (exact) mass is 635 g/mol. The van der Waals surface area contributed by atoms with Crippen molar-refractivity contribution in [2.45, 2.75) is 29.7 Å². The molecule has 0 aliphatic carbocycles. The SMILES string of the molecule is COc1ccc2nc(S(=O)Cc3ncc(C)c(OC)c3C)n(S(=O)(=O)c3ccc(OCC(=O)Nc4ccccn4)cc3)c2c1. The van der Waals surface area contributed by atoms with Crippen molar-refractivity contribution in [1.29, 1.82) is 0 Å². The number of ether oxygens (including phenoxy) is 3. The molecule has 5 aromatic rings. The first kappa shape index (κ1) is 30.6. The third-order valence-electron chi connectivity index (χ3n) is 6.68. The van der Waals surface area contributed by atoms with Crippen LogP contribution in [0, 0.1) is 13.8 Å². The van der Waals surface area contributed by atoms with Crippen LogP contribution >= 0.6 is 0 Å². The second-order valence-electron chi connectivity index (χ2n) is 9.58. The Hall–Kier alpha value is -4.82. The third-order valence-corrected chi connectivity index (χ3v) is 9.73. The van der Waals surface area contributed by atoms with Crippen molar-refractivity contribution in [2.24, 2.45) is 0 Å². The largest absolute Gasteiger partial charge is 0.497 e. The van der Waals surface area contributed by atoms with Crippen molar-refractivity contribution < 1.29 is 31.6 Å². The number of hydrogen-bond donors (Lipinski definition) is 1. The maximum absolute atomic E-state index is 14.1. The van der Waals surface area contributed by atoms with Crippen LogP contribution in [0.25, 0.3) is 11.0 Å². The molecule has 14 heteroatoms. The van der Waals surface area contributed by atoms with Gasteiger partial charge in [0, 0.05) is 29.6 Å². The normalized spacial score (nSPS) is 12.1. The van der Waals surface area contributed by atoms with E-state index in [1.165, 1.54) is 37.4 Å². The zero-order valence-electron chi connectivity index (χ0n) is 24.3. The summed E-state index contributed by atoms with van der Waals surface area (Å²) in [7, 11) is -3.23. The molecule has 1 N–H and O–H groups in total. The smallest absolute Gasteiger partial charge is 0.270 e. The molecule has 3 heterocycles. The average Bonchev–Trinajstić information content (AvgIpc) is 3.42. The van der Waals surface area contributed by atoms with Gasteiger partial charge in [0.1, 0.15) is 23.1 Å². The summed E-state index contributed by atoms with van der Waals surface area (Å²) in [6, 6.07) is 15.4. The predicted molar refractivity (Wildman–Crippen MR) is 164 cm³/mol. The number of imidazole rings is 1. The minimum absolute atomic E-state index is 0.0915. The highest BCUT2D eigenvalue weighted by molar-refractivity contribution is 7.91. The lowest BCUT2D eigenvalue weighted by Crippen LogP contribution is -2.20. The molecule has 5 rings (SSSR count). The maximum atomic E-state index is 14.1. The van der Waals surface area contributed by atoms with E-state index in [4.69, 9.17) is 14.2 Å². The lowest BCUT2D eigenvalue weighted by Gasteiger charge is -2.13. The Bertz CT molecular complexity index is 1960. The number of methoxy groups -OCH3 is 2. The number of aromatic nitrogens is 4. The maximum Gasteiger partial charge on any atom is 0.270 e. The van der Waals surface area contributed by atoms with Crippen molar-refractivity contribution >= 4 is 43.6 Å². The summed E-state index contributed by atoms with van der Waals surface area (Å²) in [6.07, 6.45) is 3.17. The molecule has 12 nitrogen and oxygen atoms in total. The van der Waals surface area contributed by atoms with E-state index in [1.54, 1.807) is 49.8 Å². The van der Waals surface area contributed by atoms with Gasteiger partial charge in [-0.2, -0.15) is 0 Å². The van der Waals surface area contributed by atoms with Gasteiger partial charge in [-0.3, -0.25) is 14.0 Å². The Morgan fingerprint density at radius 3 is 2.41 bits per heavy atom. The van der Waals surface area contributed by atoms with Crippen LogP contribution in [-0.4, -0.2) is 58.3 Å². The van der Waals surface area contributed by atoms with Crippen LogP contribution in [0.15, 0.2) is 83.1 Å². The van der Waals surface area contributed by atoms with E-state index in [2.05, 4.69) is 20.3 Å². The minimum atomic E-state index is -4.32. The fourth-order valence-electron chi connectivity index (χ4n) is 4.50. The first-order valence-electron chi connectivity index (χ1n) is 13.3. The number of anilines is 1. The molecule has 0 saturated heterocycles. The van der Waals surface area contributed by atoms with Crippen LogP contribution in [0.5, 0.6) is 17.2 Å². The number of nitrogens with one attached hydrogen (secondary N) is 1. The minimum Gasteiger partial charge on any atom is -0.497 e. The molecule has 228 valence electrons. The summed E-state index contributed by atoms with van der Waals surface area (Å²) in [5.74, 6) is 1.16. The van der Waals surface area contributed by atoms with E-state index >= 15 is 0 Å². The van der Waals surface area contributed by atoms with Gasteiger partial charge in [-0.15, -0.1) is 0 Å². The van der Waals surface area contributed by atoms with Crippen LogP contribution in [0.2, 0.25) is 0 Å². The van der Waals surface area contributed by atoms with Gasteiger partial charge in [0.25, 0.3) is 15.9 Å². The first-order valence-corrected chi connectivity index (χ1v) is 16.0. The summed E-state index contributed by atoms with van der Waals surface area (Å²) in [4.78, 5) is 25.0. The summed E-state index contributed by atoms with van der Waals surface area (Å²) in [6.45, 7) is 3.35. The number of amides is 1. The Kier molecular flexibility index (Phi) is 8.92. The summed E-state index contributed by atoms with van der Waals surface area (Å²) < 4.78 is 59.3. The number of pyridine rings is 2. The molecule has 1 amide bonds. The number of fused-ring (bicyclic) bond motifs is 1. The molecule has 1 atom stereocenters. The van der Waals surface area contributed by atoms with Crippen LogP contribution < -0.4 is 19.5 Å². The number of carbonyl (C=O) groups is 1. The number of hydrogen-bond acceptors (Lipinski definition) is 10. The van der Waals surface area contributed by atoms with Gasteiger partial charge in [-0.05, 0) is 62.4 Å². The fourth-order valence-corrected chi connectivity index (χ4v) is 7.54. The van der Waals surface area contributed by atoms with E-state index in [1.807, 2.05) is 13.8 Å². The van der Waals surface area contributed by atoms with Crippen LogP contribution in [0.3, 0.4) is 0 Å². The van der Waals surface area contributed by atoms with Crippen LogP contribution in [0.4, 0.5) is 5.82 Å². The van der Waals surface area contributed by atoms with E-state index in [-0.39, 0.29) is 33.7 Å². The first-order chi connectivity index (χ1) is 21.1. The zero-order valence-corrected chi connectivity index (χ0v) is 25.9. The summed E-state index contributed by atoms with van der Waals surface area (Å²) in [5, 5.41) is 2.44. The molecule has 1 unspecified atom stereocenters. The molecular weight excluding hydrogens is 606 g/mol. The Morgan fingerprint density at radius 1 is 0.977 bits per heavy atom. The number of carbonyl (C=O) groups excluding carboxylic acids is 1. The van der Waals surface area contributed by atoms with Crippen molar-refractivity contribution in [3.8, 4) is 17.2 Å². The lowest BCUT2D eigenvalue weighted by molar-refractivity contribution is -0.118. The Labute approximate surface area is 256 Å².